The quantitative estimate of drug-likeness (QED) is 0.736. The van der Waals surface area contributed by atoms with Gasteiger partial charge in [0, 0.05) is 11.4 Å². The van der Waals surface area contributed by atoms with E-state index < -0.39 is 0 Å². The first-order valence-electron chi connectivity index (χ1n) is 7.89. The third-order valence-corrected chi connectivity index (χ3v) is 3.69. The van der Waals surface area contributed by atoms with Crippen molar-refractivity contribution in [3.63, 3.8) is 0 Å². The molecule has 3 aromatic rings. The molecule has 0 amide bonds. The topological polar surface area (TPSA) is 62.7 Å². The van der Waals surface area contributed by atoms with Crippen LogP contribution in [-0.2, 0) is 0 Å². The second-order valence-corrected chi connectivity index (χ2v) is 6.11. The van der Waals surface area contributed by atoms with Gasteiger partial charge in [0.05, 0.1) is 6.20 Å². The third-order valence-electron chi connectivity index (χ3n) is 3.69. The molecule has 3 rings (SSSR count). The monoisotopic (exact) mass is 319 g/mol. The molecule has 5 nitrogen and oxygen atoms in total. The summed E-state index contributed by atoms with van der Waals surface area (Å²) in [5, 5.41) is 14.6. The number of hydrogen-bond acceptors (Lipinski definition) is 5. The van der Waals surface area contributed by atoms with Crippen LogP contribution in [0.1, 0.15) is 22.3 Å². The standard InChI is InChI=1S/C19H21N5/c1-12-5-6-15(4)17(10-12)22-19-23-18(11-20-24-19)21-16-8-13(2)7-14(3)9-16/h5-11H,1-4H3,(H2,21,22,23,24). The minimum Gasteiger partial charge on any atom is -0.339 e. The fraction of sp³-hybridized carbons (Fsp3) is 0.211. The maximum Gasteiger partial charge on any atom is 0.249 e. The van der Waals surface area contributed by atoms with Gasteiger partial charge in [-0.05, 0) is 68.1 Å². The molecule has 24 heavy (non-hydrogen) atoms. The second-order valence-electron chi connectivity index (χ2n) is 6.11. The average Bonchev–Trinajstić information content (AvgIpc) is 2.50. The van der Waals surface area contributed by atoms with Crippen molar-refractivity contribution in [3.8, 4) is 0 Å². The van der Waals surface area contributed by atoms with Gasteiger partial charge in [-0.3, -0.25) is 0 Å². The van der Waals surface area contributed by atoms with Crippen molar-refractivity contribution >= 4 is 23.1 Å². The SMILES string of the molecule is Cc1cc(C)cc(Nc2cnnc(Nc3cc(C)ccc3C)n2)c1. The fourth-order valence-corrected chi connectivity index (χ4v) is 2.60. The maximum absolute atomic E-state index is 4.50. The Bertz CT molecular complexity index is 853. The van der Waals surface area contributed by atoms with E-state index in [4.69, 9.17) is 0 Å². The Morgan fingerprint density at radius 1 is 0.792 bits per heavy atom. The molecular formula is C19H21N5. The van der Waals surface area contributed by atoms with Gasteiger partial charge in [0.15, 0.2) is 5.82 Å². The van der Waals surface area contributed by atoms with Crippen LogP contribution in [-0.4, -0.2) is 15.2 Å². The Balaban J connectivity index is 1.82. The fourth-order valence-electron chi connectivity index (χ4n) is 2.60. The summed E-state index contributed by atoms with van der Waals surface area (Å²) in [6.45, 7) is 8.25. The molecule has 5 heteroatoms. The lowest BCUT2D eigenvalue weighted by atomic mass is 10.1. The molecule has 0 radical (unpaired) electrons. The van der Waals surface area contributed by atoms with Crippen molar-refractivity contribution < 1.29 is 0 Å². The van der Waals surface area contributed by atoms with Crippen molar-refractivity contribution in [3.05, 3.63) is 64.8 Å². The molecule has 0 aliphatic carbocycles. The Kier molecular flexibility index (Phi) is 4.42. The van der Waals surface area contributed by atoms with Gasteiger partial charge < -0.3 is 10.6 Å². The lowest BCUT2D eigenvalue weighted by molar-refractivity contribution is 0.981. The summed E-state index contributed by atoms with van der Waals surface area (Å²) in [5.41, 5.74) is 6.70. The molecule has 1 aromatic heterocycles. The molecule has 2 aromatic carbocycles. The van der Waals surface area contributed by atoms with Crippen LogP contribution in [0.25, 0.3) is 0 Å². The molecule has 0 saturated carbocycles. The van der Waals surface area contributed by atoms with Crippen LogP contribution < -0.4 is 10.6 Å². The first kappa shape index (κ1) is 15.9. The molecule has 0 saturated heterocycles. The highest BCUT2D eigenvalue weighted by molar-refractivity contribution is 5.62. The summed E-state index contributed by atoms with van der Waals surface area (Å²) < 4.78 is 0. The van der Waals surface area contributed by atoms with Gasteiger partial charge in [0.1, 0.15) is 0 Å². The number of hydrogen-bond donors (Lipinski definition) is 2. The summed E-state index contributed by atoms with van der Waals surface area (Å²) in [6, 6.07) is 12.5. The number of aryl methyl sites for hydroxylation is 4. The van der Waals surface area contributed by atoms with E-state index in [1.165, 1.54) is 16.7 Å². The normalized spacial score (nSPS) is 10.5. The number of anilines is 4. The van der Waals surface area contributed by atoms with E-state index >= 15 is 0 Å². The lowest BCUT2D eigenvalue weighted by Gasteiger charge is -2.11. The Morgan fingerprint density at radius 2 is 1.54 bits per heavy atom. The second kappa shape index (κ2) is 6.66. The predicted molar refractivity (Wildman–Crippen MR) is 98.2 cm³/mol. The predicted octanol–water partition coefficient (Wildman–Crippen LogP) is 4.59. The van der Waals surface area contributed by atoms with E-state index in [9.17, 15) is 0 Å². The van der Waals surface area contributed by atoms with Crippen LogP contribution in [0.3, 0.4) is 0 Å². The zero-order valence-corrected chi connectivity index (χ0v) is 14.4. The highest BCUT2D eigenvalue weighted by Gasteiger charge is 2.05. The van der Waals surface area contributed by atoms with Gasteiger partial charge in [0.25, 0.3) is 0 Å². The zero-order valence-electron chi connectivity index (χ0n) is 14.4. The zero-order chi connectivity index (χ0) is 17.1. The van der Waals surface area contributed by atoms with Crippen molar-refractivity contribution in [1.29, 1.82) is 0 Å². The smallest absolute Gasteiger partial charge is 0.249 e. The van der Waals surface area contributed by atoms with Crippen molar-refractivity contribution in [2.24, 2.45) is 0 Å². The van der Waals surface area contributed by atoms with Gasteiger partial charge in [-0.2, -0.15) is 10.1 Å². The Labute approximate surface area is 142 Å². The Hall–Kier alpha value is -2.95. The van der Waals surface area contributed by atoms with E-state index in [1.54, 1.807) is 6.20 Å². The van der Waals surface area contributed by atoms with Gasteiger partial charge in [-0.25, -0.2) is 0 Å². The Morgan fingerprint density at radius 3 is 2.29 bits per heavy atom. The molecule has 1 heterocycles. The first-order valence-corrected chi connectivity index (χ1v) is 7.89. The minimum absolute atomic E-state index is 0.470. The minimum atomic E-state index is 0.470. The number of benzene rings is 2. The largest absolute Gasteiger partial charge is 0.339 e. The van der Waals surface area contributed by atoms with Gasteiger partial charge >= 0.3 is 0 Å². The summed E-state index contributed by atoms with van der Waals surface area (Å²) in [4.78, 5) is 4.50. The molecule has 0 spiro atoms. The summed E-state index contributed by atoms with van der Waals surface area (Å²) in [5.74, 6) is 1.13. The van der Waals surface area contributed by atoms with E-state index in [-0.39, 0.29) is 0 Å². The third kappa shape index (κ3) is 3.87. The first-order chi connectivity index (χ1) is 11.5. The summed E-state index contributed by atoms with van der Waals surface area (Å²) >= 11 is 0. The van der Waals surface area contributed by atoms with E-state index in [2.05, 4.69) is 83.0 Å². The van der Waals surface area contributed by atoms with Crippen LogP contribution in [0, 0.1) is 27.7 Å². The number of aromatic nitrogens is 3. The average molecular weight is 319 g/mol. The molecule has 2 N–H and O–H groups in total. The number of rotatable bonds is 4. The van der Waals surface area contributed by atoms with E-state index in [0.717, 1.165) is 16.9 Å². The highest BCUT2D eigenvalue weighted by Crippen LogP contribution is 2.21. The molecule has 122 valence electrons. The summed E-state index contributed by atoms with van der Waals surface area (Å²) in [6.07, 6.45) is 1.62. The maximum atomic E-state index is 4.50. The molecular weight excluding hydrogens is 298 g/mol. The molecule has 0 aliphatic heterocycles. The van der Waals surface area contributed by atoms with Crippen LogP contribution in [0.4, 0.5) is 23.1 Å². The van der Waals surface area contributed by atoms with Crippen LogP contribution in [0.2, 0.25) is 0 Å². The van der Waals surface area contributed by atoms with Crippen molar-refractivity contribution in [2.75, 3.05) is 10.6 Å². The van der Waals surface area contributed by atoms with Gasteiger partial charge in [-0.1, -0.05) is 18.2 Å². The van der Waals surface area contributed by atoms with Crippen molar-refractivity contribution in [2.45, 2.75) is 27.7 Å². The van der Waals surface area contributed by atoms with Gasteiger partial charge in [-0.15, -0.1) is 5.10 Å². The molecule has 0 unspecified atom stereocenters. The molecule has 0 fully saturated rings. The van der Waals surface area contributed by atoms with Gasteiger partial charge in [0.2, 0.25) is 5.95 Å². The number of nitrogens with zero attached hydrogens (tertiary/aromatic N) is 3. The highest BCUT2D eigenvalue weighted by atomic mass is 15.3. The van der Waals surface area contributed by atoms with Crippen LogP contribution >= 0.6 is 0 Å². The van der Waals surface area contributed by atoms with Crippen LogP contribution in [0.5, 0.6) is 0 Å². The number of nitrogens with one attached hydrogen (secondary N) is 2. The van der Waals surface area contributed by atoms with E-state index in [0.29, 0.717) is 11.8 Å². The summed E-state index contributed by atoms with van der Waals surface area (Å²) in [7, 11) is 0. The molecule has 0 aliphatic rings. The lowest BCUT2D eigenvalue weighted by Crippen LogP contribution is -2.03. The van der Waals surface area contributed by atoms with Crippen LogP contribution in [0.15, 0.2) is 42.6 Å². The van der Waals surface area contributed by atoms with E-state index in [1.807, 2.05) is 6.92 Å². The van der Waals surface area contributed by atoms with Crippen molar-refractivity contribution in [1.82, 2.24) is 15.2 Å². The molecule has 0 bridgehead atoms. The molecule has 0 atom stereocenters.